The Morgan fingerprint density at radius 2 is 1.66 bits per heavy atom. The summed E-state index contributed by atoms with van der Waals surface area (Å²) in [6.45, 7) is 0. The molecule has 3 aromatic carbocycles. The molecule has 0 spiro atoms. The van der Waals surface area contributed by atoms with Crippen molar-refractivity contribution in [2.24, 2.45) is 17.3 Å². The van der Waals surface area contributed by atoms with Gasteiger partial charge in [0.1, 0.15) is 5.75 Å². The minimum atomic E-state index is 0.829. The third-order valence-corrected chi connectivity index (χ3v) is 5.49. The van der Waals surface area contributed by atoms with E-state index in [1.165, 1.54) is 0 Å². The van der Waals surface area contributed by atoms with Crippen LogP contribution in [0.15, 0.2) is 83.0 Å². The highest BCUT2D eigenvalue weighted by molar-refractivity contribution is 7.16. The van der Waals surface area contributed by atoms with E-state index in [4.69, 9.17) is 4.74 Å². The van der Waals surface area contributed by atoms with Crippen molar-refractivity contribution in [1.29, 1.82) is 0 Å². The quantitative estimate of drug-likeness (QED) is 0.283. The largest absolute Gasteiger partial charge is 0.497 e. The van der Waals surface area contributed by atoms with E-state index in [1.54, 1.807) is 24.7 Å². The van der Waals surface area contributed by atoms with Crippen molar-refractivity contribution >= 4 is 27.8 Å². The smallest absolute Gasteiger partial charge is 0.211 e. The minimum Gasteiger partial charge on any atom is -0.497 e. The van der Waals surface area contributed by atoms with Crippen LogP contribution >= 0.6 is 11.3 Å². The third-order valence-electron chi connectivity index (χ3n) is 4.40. The van der Waals surface area contributed by atoms with Crippen LogP contribution in [-0.4, -0.2) is 17.9 Å². The average Bonchev–Trinajstić information content (AvgIpc) is 3.08. The maximum Gasteiger partial charge on any atom is 0.211 e. The van der Waals surface area contributed by atoms with E-state index < -0.39 is 0 Å². The summed E-state index contributed by atoms with van der Waals surface area (Å²) in [4.78, 5) is 0.829. The summed E-state index contributed by atoms with van der Waals surface area (Å²) in [7, 11) is 3.66. The van der Waals surface area contributed by atoms with E-state index in [1.807, 2.05) is 84.4 Å². The van der Waals surface area contributed by atoms with E-state index in [0.29, 0.717) is 0 Å². The van der Waals surface area contributed by atoms with Gasteiger partial charge in [0.05, 0.1) is 23.5 Å². The monoisotopic (exact) mass is 397 g/mol. The fraction of sp³-hybridized carbons (Fsp3) is 0.0833. The van der Waals surface area contributed by atoms with Crippen molar-refractivity contribution in [2.45, 2.75) is 0 Å². The van der Waals surface area contributed by atoms with Gasteiger partial charge >= 0.3 is 0 Å². The number of methoxy groups -OCH3 is 1. The minimum absolute atomic E-state index is 0.829. The molecule has 0 aliphatic carbocycles. The second-order valence-corrected chi connectivity index (χ2v) is 7.37. The Balaban J connectivity index is 1.52. The lowest BCUT2D eigenvalue weighted by Gasteiger charge is -1.99. The molecule has 5 heteroatoms. The standard InChI is InChI=1S/C24H19N3OS/c1-27-22-15-14-21(28-2)16-23(22)29-24(27)26-25-17-20-12-10-19(11-13-20)9-8-18-6-4-3-5-7-18/h3-7,10-17H,1-2H3. The topological polar surface area (TPSA) is 38.9 Å². The first-order valence-corrected chi connectivity index (χ1v) is 9.92. The van der Waals surface area contributed by atoms with Gasteiger partial charge in [-0.3, -0.25) is 0 Å². The zero-order valence-electron chi connectivity index (χ0n) is 16.2. The molecule has 0 unspecified atom stereocenters. The van der Waals surface area contributed by atoms with Gasteiger partial charge in [-0.15, -0.1) is 5.10 Å². The van der Waals surface area contributed by atoms with Crippen LogP contribution in [0.4, 0.5) is 0 Å². The summed E-state index contributed by atoms with van der Waals surface area (Å²) in [5, 5.41) is 8.63. The Hall–Kier alpha value is -3.62. The predicted octanol–water partition coefficient (Wildman–Crippen LogP) is 4.58. The number of thiazole rings is 1. The number of benzene rings is 3. The summed E-state index contributed by atoms with van der Waals surface area (Å²) in [5.74, 6) is 7.17. The van der Waals surface area contributed by atoms with E-state index in [-0.39, 0.29) is 0 Å². The highest BCUT2D eigenvalue weighted by atomic mass is 32.1. The summed E-state index contributed by atoms with van der Waals surface area (Å²) in [6, 6.07) is 23.9. The molecule has 29 heavy (non-hydrogen) atoms. The van der Waals surface area contributed by atoms with Gasteiger partial charge < -0.3 is 9.30 Å². The lowest BCUT2D eigenvalue weighted by Crippen LogP contribution is -2.08. The Morgan fingerprint density at radius 3 is 2.38 bits per heavy atom. The maximum atomic E-state index is 5.29. The molecule has 4 nitrogen and oxygen atoms in total. The van der Waals surface area contributed by atoms with E-state index >= 15 is 0 Å². The molecule has 0 aliphatic rings. The van der Waals surface area contributed by atoms with Crippen molar-refractivity contribution < 1.29 is 4.74 Å². The van der Waals surface area contributed by atoms with Crippen molar-refractivity contribution in [3.63, 3.8) is 0 Å². The molecule has 0 atom stereocenters. The number of nitrogens with zero attached hydrogens (tertiary/aromatic N) is 3. The van der Waals surface area contributed by atoms with Crippen LogP contribution in [0.3, 0.4) is 0 Å². The van der Waals surface area contributed by atoms with Crippen molar-refractivity contribution in [3.8, 4) is 17.6 Å². The zero-order chi connectivity index (χ0) is 20.1. The molecule has 1 heterocycles. The molecule has 0 aliphatic heterocycles. The van der Waals surface area contributed by atoms with Gasteiger partial charge in [-0.1, -0.05) is 53.5 Å². The Labute approximate surface area is 173 Å². The molecule has 4 aromatic rings. The van der Waals surface area contributed by atoms with Crippen LogP contribution in [0.5, 0.6) is 5.75 Å². The van der Waals surface area contributed by atoms with Gasteiger partial charge in [-0.25, -0.2) is 0 Å². The van der Waals surface area contributed by atoms with Crippen LogP contribution in [0.25, 0.3) is 10.2 Å². The molecule has 4 rings (SSSR count). The molecule has 0 amide bonds. The molecular formula is C24H19N3OS. The third kappa shape index (κ3) is 4.45. The Morgan fingerprint density at radius 1 is 0.931 bits per heavy atom. The average molecular weight is 398 g/mol. The van der Waals surface area contributed by atoms with E-state index in [9.17, 15) is 0 Å². The Kier molecular flexibility index (Phi) is 5.55. The van der Waals surface area contributed by atoms with E-state index in [0.717, 1.165) is 37.5 Å². The van der Waals surface area contributed by atoms with Gasteiger partial charge in [0.25, 0.3) is 0 Å². The number of rotatable bonds is 3. The number of hydrogen-bond acceptors (Lipinski definition) is 4. The molecule has 0 saturated carbocycles. The summed E-state index contributed by atoms with van der Waals surface area (Å²) in [6.07, 6.45) is 1.75. The second-order valence-electron chi connectivity index (χ2n) is 6.36. The Bertz CT molecular complexity index is 1290. The number of fused-ring (bicyclic) bond motifs is 1. The molecule has 0 fully saturated rings. The number of aromatic nitrogens is 1. The van der Waals surface area contributed by atoms with Crippen LogP contribution < -0.4 is 9.54 Å². The second kappa shape index (κ2) is 8.59. The fourth-order valence-corrected chi connectivity index (χ4v) is 3.81. The lowest BCUT2D eigenvalue weighted by atomic mass is 10.1. The first kappa shape index (κ1) is 18.7. The SMILES string of the molecule is COc1ccc2c(c1)sc(=NN=Cc1ccc(C#Cc3ccccc3)cc1)n2C. The molecular weight excluding hydrogens is 378 g/mol. The fourth-order valence-electron chi connectivity index (χ4n) is 2.80. The predicted molar refractivity (Wildman–Crippen MR) is 119 cm³/mol. The zero-order valence-corrected chi connectivity index (χ0v) is 17.0. The summed E-state index contributed by atoms with van der Waals surface area (Å²) in [5.41, 5.74) is 4.05. The van der Waals surface area contributed by atoms with Crippen molar-refractivity contribution in [2.75, 3.05) is 7.11 Å². The number of ether oxygens (including phenoxy) is 1. The molecule has 0 radical (unpaired) electrons. The van der Waals surface area contributed by atoms with Crippen LogP contribution in [0, 0.1) is 11.8 Å². The summed E-state index contributed by atoms with van der Waals surface area (Å²) < 4.78 is 8.43. The molecule has 0 N–H and O–H groups in total. The first-order chi connectivity index (χ1) is 14.2. The molecule has 142 valence electrons. The highest BCUT2D eigenvalue weighted by Crippen LogP contribution is 2.22. The molecule has 1 aromatic heterocycles. The van der Waals surface area contributed by atoms with Gasteiger partial charge in [-0.05, 0) is 48.0 Å². The molecule has 0 saturated heterocycles. The van der Waals surface area contributed by atoms with Crippen molar-refractivity contribution in [3.05, 3.63) is 94.3 Å². The van der Waals surface area contributed by atoms with Gasteiger partial charge in [0.2, 0.25) is 4.80 Å². The van der Waals surface area contributed by atoms with E-state index in [2.05, 4.69) is 22.0 Å². The highest BCUT2D eigenvalue weighted by Gasteiger charge is 2.03. The van der Waals surface area contributed by atoms with Gasteiger partial charge in [0.15, 0.2) is 0 Å². The number of aryl methyl sites for hydroxylation is 1. The van der Waals surface area contributed by atoms with Crippen LogP contribution in [0.2, 0.25) is 0 Å². The number of hydrogen-bond donors (Lipinski definition) is 0. The first-order valence-electron chi connectivity index (χ1n) is 9.11. The lowest BCUT2D eigenvalue weighted by molar-refractivity contribution is 0.415. The molecule has 0 bridgehead atoms. The van der Waals surface area contributed by atoms with Gasteiger partial charge in [0, 0.05) is 18.2 Å². The van der Waals surface area contributed by atoms with Gasteiger partial charge in [-0.2, -0.15) is 5.10 Å². The van der Waals surface area contributed by atoms with Crippen LogP contribution in [-0.2, 0) is 7.05 Å². The van der Waals surface area contributed by atoms with Crippen molar-refractivity contribution in [1.82, 2.24) is 4.57 Å². The van der Waals surface area contributed by atoms with Crippen LogP contribution in [0.1, 0.15) is 16.7 Å². The summed E-state index contributed by atoms with van der Waals surface area (Å²) >= 11 is 1.58. The maximum absolute atomic E-state index is 5.29. The normalized spacial score (nSPS) is 11.6.